The molecule has 0 saturated carbocycles. The molecule has 3 aromatic rings. The van der Waals surface area contributed by atoms with Gasteiger partial charge in [-0.05, 0) is 29.8 Å². The molecule has 0 unspecified atom stereocenters. The SMILES string of the molecule is COc1ccc(CC(=O)NCc2cccnc2-n2cccn2)cc1F. The highest BCUT2D eigenvalue weighted by Gasteiger charge is 2.10. The third-order valence-electron chi connectivity index (χ3n) is 3.65. The number of amides is 1. The van der Waals surface area contributed by atoms with Crippen molar-refractivity contribution in [1.82, 2.24) is 20.1 Å². The van der Waals surface area contributed by atoms with E-state index >= 15 is 0 Å². The van der Waals surface area contributed by atoms with Crippen LogP contribution in [0.1, 0.15) is 11.1 Å². The quantitative estimate of drug-likeness (QED) is 0.747. The van der Waals surface area contributed by atoms with Gasteiger partial charge in [-0.3, -0.25) is 4.79 Å². The number of hydrogen-bond acceptors (Lipinski definition) is 4. The lowest BCUT2D eigenvalue weighted by atomic mass is 10.1. The Labute approximate surface area is 144 Å². The summed E-state index contributed by atoms with van der Waals surface area (Å²) in [5.41, 5.74) is 1.41. The standard InChI is InChI=1S/C18H17FN4O2/c1-25-16-6-5-13(10-15(16)19)11-17(24)21-12-14-4-2-7-20-18(14)23-9-3-8-22-23/h2-10H,11-12H2,1H3,(H,21,24). The minimum atomic E-state index is -0.485. The number of aromatic nitrogens is 3. The first-order valence-corrected chi connectivity index (χ1v) is 7.70. The van der Waals surface area contributed by atoms with Gasteiger partial charge in [0, 0.05) is 30.7 Å². The van der Waals surface area contributed by atoms with E-state index < -0.39 is 5.82 Å². The molecule has 1 N–H and O–H groups in total. The minimum Gasteiger partial charge on any atom is -0.494 e. The van der Waals surface area contributed by atoms with Crippen molar-refractivity contribution >= 4 is 5.91 Å². The van der Waals surface area contributed by atoms with Crippen molar-refractivity contribution in [3.05, 3.63) is 71.9 Å². The molecule has 0 bridgehead atoms. The molecule has 0 spiro atoms. The summed E-state index contributed by atoms with van der Waals surface area (Å²) >= 11 is 0. The van der Waals surface area contributed by atoms with Gasteiger partial charge in [0.05, 0.1) is 13.5 Å². The van der Waals surface area contributed by atoms with Gasteiger partial charge in [-0.15, -0.1) is 0 Å². The number of nitrogens with one attached hydrogen (secondary N) is 1. The summed E-state index contributed by atoms with van der Waals surface area (Å²) in [6.45, 7) is 0.306. The van der Waals surface area contributed by atoms with Gasteiger partial charge in [-0.1, -0.05) is 12.1 Å². The van der Waals surface area contributed by atoms with Gasteiger partial charge in [-0.25, -0.2) is 14.1 Å². The Morgan fingerprint density at radius 2 is 2.16 bits per heavy atom. The second-order valence-corrected chi connectivity index (χ2v) is 5.36. The van der Waals surface area contributed by atoms with E-state index in [1.807, 2.05) is 6.07 Å². The maximum atomic E-state index is 13.7. The number of carbonyl (C=O) groups excluding carboxylic acids is 1. The highest BCUT2D eigenvalue weighted by atomic mass is 19.1. The number of pyridine rings is 1. The Kier molecular flexibility index (Phi) is 5.03. The van der Waals surface area contributed by atoms with E-state index in [2.05, 4.69) is 15.4 Å². The van der Waals surface area contributed by atoms with Crippen LogP contribution in [0.3, 0.4) is 0 Å². The van der Waals surface area contributed by atoms with Crippen LogP contribution < -0.4 is 10.1 Å². The van der Waals surface area contributed by atoms with Gasteiger partial charge in [0.25, 0.3) is 0 Å². The summed E-state index contributed by atoms with van der Waals surface area (Å²) in [4.78, 5) is 16.4. The Hall–Kier alpha value is -3.22. The fraction of sp³-hybridized carbons (Fsp3) is 0.167. The fourth-order valence-electron chi connectivity index (χ4n) is 2.43. The van der Waals surface area contributed by atoms with Crippen molar-refractivity contribution in [3.8, 4) is 11.6 Å². The zero-order valence-electron chi connectivity index (χ0n) is 13.6. The van der Waals surface area contributed by atoms with Crippen LogP contribution in [0.25, 0.3) is 5.82 Å². The number of halogens is 1. The van der Waals surface area contributed by atoms with Crippen LogP contribution >= 0.6 is 0 Å². The van der Waals surface area contributed by atoms with Crippen LogP contribution in [0.4, 0.5) is 4.39 Å². The lowest BCUT2D eigenvalue weighted by Gasteiger charge is -2.10. The maximum absolute atomic E-state index is 13.7. The molecule has 6 nitrogen and oxygen atoms in total. The molecule has 0 aliphatic carbocycles. The zero-order chi connectivity index (χ0) is 17.6. The van der Waals surface area contributed by atoms with Crippen LogP contribution in [-0.4, -0.2) is 27.8 Å². The zero-order valence-corrected chi connectivity index (χ0v) is 13.6. The van der Waals surface area contributed by atoms with Gasteiger partial charge >= 0.3 is 0 Å². The van der Waals surface area contributed by atoms with Crippen molar-refractivity contribution in [1.29, 1.82) is 0 Å². The molecule has 1 aromatic carbocycles. The second kappa shape index (κ2) is 7.57. The number of ether oxygens (including phenoxy) is 1. The average Bonchev–Trinajstić information content (AvgIpc) is 3.15. The number of nitrogens with zero attached hydrogens (tertiary/aromatic N) is 3. The van der Waals surface area contributed by atoms with Gasteiger partial charge in [0.1, 0.15) is 0 Å². The smallest absolute Gasteiger partial charge is 0.224 e. The first-order chi connectivity index (χ1) is 12.2. The monoisotopic (exact) mass is 340 g/mol. The molecule has 128 valence electrons. The highest BCUT2D eigenvalue weighted by Crippen LogP contribution is 2.18. The molecule has 0 fully saturated rings. The summed E-state index contributed by atoms with van der Waals surface area (Å²) in [6.07, 6.45) is 5.20. The van der Waals surface area contributed by atoms with E-state index in [0.717, 1.165) is 5.56 Å². The van der Waals surface area contributed by atoms with E-state index in [0.29, 0.717) is 17.9 Å². The largest absolute Gasteiger partial charge is 0.494 e. The summed E-state index contributed by atoms with van der Waals surface area (Å²) in [5.74, 6) is 0.118. The van der Waals surface area contributed by atoms with Crippen molar-refractivity contribution in [2.75, 3.05) is 7.11 Å². The molecule has 0 atom stereocenters. The number of rotatable bonds is 6. The van der Waals surface area contributed by atoms with Crippen molar-refractivity contribution < 1.29 is 13.9 Å². The van der Waals surface area contributed by atoms with Crippen molar-refractivity contribution in [2.45, 2.75) is 13.0 Å². The Balaban J connectivity index is 1.64. The topological polar surface area (TPSA) is 69.0 Å². The first kappa shape index (κ1) is 16.6. The average molecular weight is 340 g/mol. The predicted molar refractivity (Wildman–Crippen MR) is 89.9 cm³/mol. The number of benzene rings is 1. The van der Waals surface area contributed by atoms with Crippen LogP contribution in [0, 0.1) is 5.82 Å². The van der Waals surface area contributed by atoms with Crippen LogP contribution in [-0.2, 0) is 17.8 Å². The van der Waals surface area contributed by atoms with Crippen LogP contribution in [0.15, 0.2) is 55.0 Å². The summed E-state index contributed by atoms with van der Waals surface area (Å²) in [5, 5.41) is 6.98. The van der Waals surface area contributed by atoms with E-state index in [1.54, 1.807) is 41.5 Å². The lowest BCUT2D eigenvalue weighted by Crippen LogP contribution is -2.25. The van der Waals surface area contributed by atoms with Crippen LogP contribution in [0.5, 0.6) is 5.75 Å². The molecule has 25 heavy (non-hydrogen) atoms. The summed E-state index contributed by atoms with van der Waals surface area (Å²) in [6, 6.07) is 9.95. The molecule has 1 amide bonds. The van der Waals surface area contributed by atoms with Gasteiger partial charge in [0.15, 0.2) is 17.4 Å². The summed E-state index contributed by atoms with van der Waals surface area (Å²) in [7, 11) is 1.40. The molecule has 0 aliphatic rings. The minimum absolute atomic E-state index is 0.0816. The third-order valence-corrected chi connectivity index (χ3v) is 3.65. The lowest BCUT2D eigenvalue weighted by molar-refractivity contribution is -0.120. The third kappa shape index (κ3) is 4.00. The molecule has 0 saturated heterocycles. The first-order valence-electron chi connectivity index (χ1n) is 7.70. The van der Waals surface area contributed by atoms with Crippen LogP contribution in [0.2, 0.25) is 0 Å². The summed E-state index contributed by atoms with van der Waals surface area (Å²) < 4.78 is 20.2. The molecular weight excluding hydrogens is 323 g/mol. The molecule has 3 rings (SSSR count). The molecule has 0 aliphatic heterocycles. The van der Waals surface area contributed by atoms with Gasteiger partial charge in [-0.2, -0.15) is 5.10 Å². The number of hydrogen-bond donors (Lipinski definition) is 1. The van der Waals surface area contributed by atoms with E-state index in [1.165, 1.54) is 19.2 Å². The second-order valence-electron chi connectivity index (χ2n) is 5.36. The molecule has 2 aromatic heterocycles. The Bertz CT molecular complexity index is 865. The maximum Gasteiger partial charge on any atom is 0.224 e. The highest BCUT2D eigenvalue weighted by molar-refractivity contribution is 5.78. The van der Waals surface area contributed by atoms with E-state index in [-0.39, 0.29) is 18.1 Å². The molecule has 0 radical (unpaired) electrons. The molecular formula is C18H17FN4O2. The van der Waals surface area contributed by atoms with Gasteiger partial charge < -0.3 is 10.1 Å². The number of methoxy groups -OCH3 is 1. The van der Waals surface area contributed by atoms with E-state index in [9.17, 15) is 9.18 Å². The van der Waals surface area contributed by atoms with Crippen molar-refractivity contribution in [3.63, 3.8) is 0 Å². The number of carbonyl (C=O) groups is 1. The molecule has 7 heteroatoms. The van der Waals surface area contributed by atoms with E-state index in [4.69, 9.17) is 4.74 Å². The van der Waals surface area contributed by atoms with Crippen molar-refractivity contribution in [2.24, 2.45) is 0 Å². The van der Waals surface area contributed by atoms with Gasteiger partial charge in [0.2, 0.25) is 5.91 Å². The fourth-order valence-corrected chi connectivity index (χ4v) is 2.43. The molecule has 2 heterocycles. The Morgan fingerprint density at radius 1 is 1.28 bits per heavy atom. The Morgan fingerprint density at radius 3 is 2.88 bits per heavy atom. The normalized spacial score (nSPS) is 10.5. The predicted octanol–water partition coefficient (Wildman–Crippen LogP) is 2.27.